The van der Waals surface area contributed by atoms with E-state index in [2.05, 4.69) is 5.09 Å². The van der Waals surface area contributed by atoms with Crippen molar-refractivity contribution in [1.82, 2.24) is 0 Å². The average molecular weight is 332 g/mol. The van der Waals surface area contributed by atoms with Crippen molar-refractivity contribution in [2.75, 3.05) is 11.8 Å². The number of nitrogens with one attached hydrogen (secondary N) is 1. The minimum Gasteiger partial charge on any atom is -0.449 e. The Balaban J connectivity index is 2.10. The van der Waals surface area contributed by atoms with E-state index >= 15 is 0 Å². The summed E-state index contributed by atoms with van der Waals surface area (Å²) in [7, 11) is 0. The third-order valence-electron chi connectivity index (χ3n) is 2.25. The Kier molecular flexibility index (Phi) is 4.75. The minimum absolute atomic E-state index is 0.659. The van der Waals surface area contributed by atoms with Gasteiger partial charge in [-0.1, -0.05) is 29.3 Å². The largest absolute Gasteiger partial charge is 0.449 e. The molecule has 2 aromatic rings. The molecule has 19 heavy (non-hydrogen) atoms. The number of rotatable bonds is 4. The van der Waals surface area contributed by atoms with E-state index in [1.165, 1.54) is 0 Å². The van der Waals surface area contributed by atoms with Gasteiger partial charge in [-0.15, -0.1) is 0 Å². The van der Waals surface area contributed by atoms with E-state index in [0.29, 0.717) is 15.8 Å². The molecular weight excluding hydrogens is 320 g/mol. The number of hydrogen-bond donors (Lipinski definition) is 1. The first-order valence-electron chi connectivity index (χ1n) is 5.51. The summed E-state index contributed by atoms with van der Waals surface area (Å²) in [5.74, 6) is 0.699. The van der Waals surface area contributed by atoms with Gasteiger partial charge in [0.2, 0.25) is 0 Å². The molecule has 0 bridgehead atoms. The van der Waals surface area contributed by atoms with Gasteiger partial charge in [-0.05, 0) is 54.3 Å². The molecule has 0 saturated carbocycles. The maximum atomic E-state index is 5.93. The van der Waals surface area contributed by atoms with Crippen molar-refractivity contribution in [2.45, 2.75) is 0 Å². The molecule has 0 heterocycles. The molecule has 0 aliphatic heterocycles. The van der Waals surface area contributed by atoms with Crippen LogP contribution in [0.2, 0.25) is 10.0 Å². The van der Waals surface area contributed by atoms with Crippen molar-refractivity contribution in [3.63, 3.8) is 0 Å². The Morgan fingerprint density at radius 3 is 2.37 bits per heavy atom. The van der Waals surface area contributed by atoms with E-state index in [9.17, 15) is 0 Å². The third-order valence-corrected chi connectivity index (χ3v) is 4.46. The van der Waals surface area contributed by atoms with Crippen molar-refractivity contribution in [2.24, 2.45) is 0 Å². The summed E-state index contributed by atoms with van der Waals surface area (Å²) in [4.78, 5) is 0. The molecule has 0 spiro atoms. The van der Waals surface area contributed by atoms with Crippen molar-refractivity contribution in [3.8, 4) is 5.75 Å². The highest BCUT2D eigenvalue weighted by molar-refractivity contribution is 8.12. The average Bonchev–Trinajstić information content (AvgIpc) is 2.31. The summed E-state index contributed by atoms with van der Waals surface area (Å²) in [6.45, 7) is 1.87. The first-order valence-corrected chi connectivity index (χ1v) is 9.43. The van der Waals surface area contributed by atoms with Crippen LogP contribution in [0.4, 0.5) is 5.69 Å². The third kappa shape index (κ3) is 4.70. The van der Waals surface area contributed by atoms with Gasteiger partial charge in [-0.25, -0.2) is 0 Å². The van der Waals surface area contributed by atoms with Gasteiger partial charge in [-0.2, -0.15) is 0 Å². The molecule has 2 aromatic carbocycles. The molecule has 0 aliphatic carbocycles. The number of halogens is 2. The van der Waals surface area contributed by atoms with Crippen molar-refractivity contribution < 1.29 is 4.52 Å². The molecular formula is C13H12Cl2NOPS. The van der Waals surface area contributed by atoms with Crippen LogP contribution in [0.15, 0.2) is 48.5 Å². The predicted octanol–water partition coefficient (Wildman–Crippen LogP) is 5.42. The van der Waals surface area contributed by atoms with E-state index in [0.717, 1.165) is 5.69 Å². The van der Waals surface area contributed by atoms with Gasteiger partial charge in [0.25, 0.3) is 0 Å². The normalized spacial score (nSPS) is 13.6. The fourth-order valence-corrected chi connectivity index (χ4v) is 3.58. The van der Waals surface area contributed by atoms with Crippen LogP contribution in [-0.4, -0.2) is 6.66 Å². The van der Waals surface area contributed by atoms with Crippen LogP contribution in [0.5, 0.6) is 5.75 Å². The standard InChI is InChI=1S/C13H12Cl2NOPS/c1-18(19,16-12-4-2-3-11(15)9-12)17-13-7-5-10(14)6-8-13/h2-9H,1H3,(H,16,19). The van der Waals surface area contributed by atoms with Crippen molar-refractivity contribution >= 4 is 47.1 Å². The van der Waals surface area contributed by atoms with Gasteiger partial charge in [0.05, 0.1) is 0 Å². The van der Waals surface area contributed by atoms with E-state index < -0.39 is 6.42 Å². The highest BCUT2D eigenvalue weighted by atomic mass is 35.5. The number of anilines is 1. The van der Waals surface area contributed by atoms with Crippen molar-refractivity contribution in [1.29, 1.82) is 0 Å². The molecule has 100 valence electrons. The van der Waals surface area contributed by atoms with E-state index in [1.807, 2.05) is 30.9 Å². The van der Waals surface area contributed by atoms with Crippen LogP contribution in [0.3, 0.4) is 0 Å². The molecule has 0 aliphatic rings. The molecule has 0 aromatic heterocycles. The summed E-state index contributed by atoms with van der Waals surface area (Å²) in [5, 5.41) is 4.53. The van der Waals surface area contributed by atoms with Crippen LogP contribution in [0.1, 0.15) is 0 Å². The Bertz CT molecular complexity index is 618. The predicted molar refractivity (Wildman–Crippen MR) is 87.4 cm³/mol. The molecule has 0 radical (unpaired) electrons. The molecule has 1 N–H and O–H groups in total. The smallest absolute Gasteiger partial charge is 0.199 e. The molecule has 0 saturated heterocycles. The zero-order valence-corrected chi connectivity index (χ0v) is 13.4. The van der Waals surface area contributed by atoms with Crippen LogP contribution in [0.25, 0.3) is 0 Å². The second-order valence-corrected chi connectivity index (χ2v) is 9.07. The van der Waals surface area contributed by atoms with E-state index in [1.54, 1.807) is 24.3 Å². The van der Waals surface area contributed by atoms with Gasteiger partial charge >= 0.3 is 0 Å². The zero-order valence-electron chi connectivity index (χ0n) is 10.1. The van der Waals surface area contributed by atoms with Gasteiger partial charge in [0.15, 0.2) is 6.42 Å². The highest BCUT2D eigenvalue weighted by Crippen LogP contribution is 2.44. The quantitative estimate of drug-likeness (QED) is 0.755. The lowest BCUT2D eigenvalue weighted by molar-refractivity contribution is 0.620. The van der Waals surface area contributed by atoms with E-state index in [-0.39, 0.29) is 0 Å². The SMILES string of the molecule is CP(=S)(Nc1cccc(Cl)c1)Oc1ccc(Cl)cc1. The van der Waals surface area contributed by atoms with Crippen LogP contribution in [0, 0.1) is 0 Å². The lowest BCUT2D eigenvalue weighted by Crippen LogP contribution is -2.01. The van der Waals surface area contributed by atoms with Gasteiger partial charge in [0.1, 0.15) is 5.75 Å². The second-order valence-electron chi connectivity index (χ2n) is 4.01. The van der Waals surface area contributed by atoms with Crippen molar-refractivity contribution in [3.05, 3.63) is 58.6 Å². The maximum Gasteiger partial charge on any atom is 0.199 e. The summed E-state index contributed by atoms with van der Waals surface area (Å²) >= 11 is 17.2. The second kappa shape index (κ2) is 6.15. The number of hydrogen-bond acceptors (Lipinski definition) is 2. The Morgan fingerprint density at radius 1 is 1.05 bits per heavy atom. The topological polar surface area (TPSA) is 21.3 Å². The molecule has 6 heteroatoms. The lowest BCUT2D eigenvalue weighted by Gasteiger charge is -2.21. The first kappa shape index (κ1) is 14.7. The molecule has 2 rings (SSSR count). The fraction of sp³-hybridized carbons (Fsp3) is 0.0769. The fourth-order valence-electron chi connectivity index (χ4n) is 1.51. The maximum absolute atomic E-state index is 5.93. The summed E-state index contributed by atoms with van der Waals surface area (Å²) in [6, 6.07) is 14.5. The Hall–Kier alpha value is -0.730. The summed E-state index contributed by atoms with van der Waals surface area (Å²) in [6.07, 6.45) is -2.19. The summed E-state index contributed by atoms with van der Waals surface area (Å²) < 4.78 is 5.81. The molecule has 0 amide bonds. The Morgan fingerprint density at radius 2 is 1.74 bits per heavy atom. The first-order chi connectivity index (χ1) is 8.94. The molecule has 1 unspecified atom stereocenters. The van der Waals surface area contributed by atoms with E-state index in [4.69, 9.17) is 39.5 Å². The molecule has 2 nitrogen and oxygen atoms in total. The monoisotopic (exact) mass is 331 g/mol. The summed E-state index contributed by atoms with van der Waals surface area (Å²) in [5.41, 5.74) is 0.854. The molecule has 1 atom stereocenters. The van der Waals surface area contributed by atoms with Gasteiger partial charge < -0.3 is 9.61 Å². The number of benzene rings is 2. The van der Waals surface area contributed by atoms with Crippen LogP contribution in [-0.2, 0) is 11.8 Å². The van der Waals surface area contributed by atoms with Crippen LogP contribution >= 0.6 is 29.6 Å². The Labute approximate surface area is 127 Å². The zero-order chi connectivity index (χ0) is 13.9. The highest BCUT2D eigenvalue weighted by Gasteiger charge is 2.12. The lowest BCUT2D eigenvalue weighted by atomic mass is 10.3. The minimum atomic E-state index is -2.19. The van der Waals surface area contributed by atoms with Gasteiger partial charge in [0, 0.05) is 22.4 Å². The van der Waals surface area contributed by atoms with Gasteiger partial charge in [-0.3, -0.25) is 0 Å². The molecule has 0 fully saturated rings. The van der Waals surface area contributed by atoms with Crippen LogP contribution < -0.4 is 9.61 Å².